The van der Waals surface area contributed by atoms with Gasteiger partial charge in [0.05, 0.1) is 11.2 Å². The maximum Gasteiger partial charge on any atom is 0.142 e. The highest BCUT2D eigenvalue weighted by Crippen LogP contribution is 2.43. The van der Waals surface area contributed by atoms with E-state index >= 15 is 0 Å². The normalized spacial score (nSPS) is 14.1. The van der Waals surface area contributed by atoms with Crippen LogP contribution in [-0.2, 0) is 12.8 Å². The van der Waals surface area contributed by atoms with Crippen LogP contribution in [0.4, 0.5) is 0 Å². The van der Waals surface area contributed by atoms with Crippen molar-refractivity contribution in [3.05, 3.63) is 138 Å². The van der Waals surface area contributed by atoms with E-state index in [-0.39, 0.29) is 0 Å². The first kappa shape index (κ1) is 22.2. The maximum atomic E-state index is 6.54. The Balaban J connectivity index is 1.38. The largest absolute Gasteiger partial charge is 0.456 e. The summed E-state index contributed by atoms with van der Waals surface area (Å²) in [5, 5.41) is 2.51. The van der Waals surface area contributed by atoms with Crippen LogP contribution >= 0.6 is 0 Å². The van der Waals surface area contributed by atoms with Crippen LogP contribution in [0.1, 0.15) is 29.0 Å². The van der Waals surface area contributed by atoms with Crippen molar-refractivity contribution in [1.29, 1.82) is 0 Å². The summed E-state index contributed by atoms with van der Waals surface area (Å²) in [4.78, 5) is 0. The maximum absolute atomic E-state index is 6.54. The minimum Gasteiger partial charge on any atom is -0.456 e. The Bertz CT molecular complexity index is 1990. The number of allylic oxidation sites excluding steroid dienone is 4. The number of fused-ring (bicyclic) bond motifs is 6. The minimum absolute atomic E-state index is 0.878. The van der Waals surface area contributed by atoms with E-state index in [0.29, 0.717) is 0 Å². The van der Waals surface area contributed by atoms with Gasteiger partial charge in [-0.05, 0) is 48.6 Å². The SMILES string of the molecule is C1=CCc2c(oc3c(-c4ccccc4-c4ccccc4-n4c5c(c6ccccc64)C=CCC5)cccc23)C=C1. The minimum atomic E-state index is 0.878. The molecule has 0 N–H and O–H groups in total. The molecule has 0 spiro atoms. The van der Waals surface area contributed by atoms with Gasteiger partial charge in [-0.25, -0.2) is 0 Å². The van der Waals surface area contributed by atoms with Crippen LogP contribution in [0, 0.1) is 0 Å². The van der Waals surface area contributed by atoms with E-state index in [1.165, 1.54) is 55.5 Å². The summed E-state index contributed by atoms with van der Waals surface area (Å²) >= 11 is 0. The van der Waals surface area contributed by atoms with Crippen LogP contribution in [0.25, 0.3) is 62.0 Å². The molecule has 39 heavy (non-hydrogen) atoms. The average Bonchev–Trinajstić information content (AvgIpc) is 3.42. The van der Waals surface area contributed by atoms with Gasteiger partial charge in [0.2, 0.25) is 0 Å². The Morgan fingerprint density at radius 1 is 0.615 bits per heavy atom. The number of benzene rings is 4. The first-order chi connectivity index (χ1) is 19.4. The van der Waals surface area contributed by atoms with Crippen LogP contribution < -0.4 is 0 Å². The number of aromatic nitrogens is 1. The number of hydrogen-bond donors (Lipinski definition) is 0. The molecular formula is C37H27NO. The van der Waals surface area contributed by atoms with Crippen LogP contribution in [0.2, 0.25) is 0 Å². The summed E-state index contributed by atoms with van der Waals surface area (Å²) in [5.41, 5.74) is 12.2. The number of para-hydroxylation sites is 3. The highest BCUT2D eigenvalue weighted by molar-refractivity contribution is 6.01. The molecule has 186 valence electrons. The second-order valence-electron chi connectivity index (χ2n) is 10.3. The van der Waals surface area contributed by atoms with Gasteiger partial charge in [0.1, 0.15) is 11.3 Å². The lowest BCUT2D eigenvalue weighted by atomic mass is 9.92. The molecule has 2 heterocycles. The average molecular weight is 502 g/mol. The predicted molar refractivity (Wildman–Crippen MR) is 163 cm³/mol. The molecule has 0 radical (unpaired) electrons. The van der Waals surface area contributed by atoms with Crippen molar-refractivity contribution >= 4 is 34.0 Å². The van der Waals surface area contributed by atoms with Gasteiger partial charge < -0.3 is 8.98 Å². The number of rotatable bonds is 3. The molecule has 0 saturated carbocycles. The predicted octanol–water partition coefficient (Wildman–Crippen LogP) is 9.80. The fourth-order valence-corrected chi connectivity index (χ4v) is 6.45. The topological polar surface area (TPSA) is 18.1 Å². The van der Waals surface area contributed by atoms with Crippen LogP contribution in [-0.4, -0.2) is 4.57 Å². The zero-order valence-corrected chi connectivity index (χ0v) is 21.6. The summed E-state index contributed by atoms with van der Waals surface area (Å²) in [6.45, 7) is 0. The molecule has 0 amide bonds. The van der Waals surface area contributed by atoms with Gasteiger partial charge in [-0.1, -0.05) is 109 Å². The molecule has 0 atom stereocenters. The first-order valence-electron chi connectivity index (χ1n) is 13.7. The molecule has 0 saturated heterocycles. The van der Waals surface area contributed by atoms with Gasteiger partial charge in [0, 0.05) is 38.7 Å². The highest BCUT2D eigenvalue weighted by Gasteiger charge is 2.22. The molecular weight excluding hydrogens is 474 g/mol. The number of furan rings is 1. The standard InChI is InChI=1S/C37H27NO/c1-2-18-30-32-20-12-19-31(37(32)39-36(30)24-3-1)26-14-5-4-13-25(26)27-15-6-9-21-33(27)38-34-22-10-7-16-28(34)29-17-8-11-23-35(29)38/h1-10,12-17,19-22,24H,11,18,23H2. The van der Waals surface area contributed by atoms with E-state index < -0.39 is 0 Å². The van der Waals surface area contributed by atoms with Gasteiger partial charge >= 0.3 is 0 Å². The summed E-state index contributed by atoms with van der Waals surface area (Å²) in [6, 6.07) is 33.0. The molecule has 2 aliphatic carbocycles. The molecule has 2 nitrogen and oxygen atoms in total. The summed E-state index contributed by atoms with van der Waals surface area (Å²) in [5.74, 6) is 0.957. The third-order valence-corrected chi connectivity index (χ3v) is 8.17. The number of nitrogens with zero attached hydrogens (tertiary/aromatic N) is 1. The van der Waals surface area contributed by atoms with Gasteiger partial charge in [-0.15, -0.1) is 0 Å². The molecule has 0 unspecified atom stereocenters. The Hall–Kier alpha value is -4.82. The summed E-state index contributed by atoms with van der Waals surface area (Å²) in [7, 11) is 0. The number of hydrogen-bond acceptors (Lipinski definition) is 1. The van der Waals surface area contributed by atoms with Gasteiger partial charge in [-0.2, -0.15) is 0 Å². The molecule has 0 bridgehead atoms. The van der Waals surface area contributed by atoms with Crippen molar-refractivity contribution in [2.24, 2.45) is 0 Å². The van der Waals surface area contributed by atoms with Crippen molar-refractivity contribution in [2.45, 2.75) is 19.3 Å². The lowest BCUT2D eigenvalue weighted by Crippen LogP contribution is -2.04. The van der Waals surface area contributed by atoms with E-state index in [0.717, 1.165) is 36.2 Å². The van der Waals surface area contributed by atoms with Gasteiger partial charge in [0.15, 0.2) is 0 Å². The molecule has 2 aliphatic rings. The highest BCUT2D eigenvalue weighted by atomic mass is 16.3. The zero-order chi connectivity index (χ0) is 25.8. The lowest BCUT2D eigenvalue weighted by molar-refractivity contribution is 0.601. The Labute approximate surface area is 227 Å². The fourth-order valence-electron chi connectivity index (χ4n) is 6.45. The monoisotopic (exact) mass is 501 g/mol. The summed E-state index contributed by atoms with van der Waals surface area (Å²) < 4.78 is 9.03. The van der Waals surface area contributed by atoms with Crippen molar-refractivity contribution in [2.75, 3.05) is 0 Å². The molecule has 0 fully saturated rings. The molecule has 2 aromatic heterocycles. The first-order valence-corrected chi connectivity index (χ1v) is 13.7. The van der Waals surface area contributed by atoms with Crippen molar-refractivity contribution in [3.63, 3.8) is 0 Å². The van der Waals surface area contributed by atoms with E-state index in [1.807, 2.05) is 0 Å². The molecule has 8 rings (SSSR count). The van der Waals surface area contributed by atoms with Crippen molar-refractivity contribution in [3.8, 4) is 27.9 Å². The Morgan fingerprint density at radius 3 is 2.28 bits per heavy atom. The van der Waals surface area contributed by atoms with E-state index in [1.54, 1.807) is 0 Å². The Morgan fingerprint density at radius 2 is 1.36 bits per heavy atom. The molecule has 0 aliphatic heterocycles. The van der Waals surface area contributed by atoms with Crippen molar-refractivity contribution < 1.29 is 4.42 Å². The van der Waals surface area contributed by atoms with Gasteiger partial charge in [-0.3, -0.25) is 0 Å². The lowest BCUT2D eigenvalue weighted by Gasteiger charge is -2.19. The second-order valence-corrected chi connectivity index (χ2v) is 10.3. The second kappa shape index (κ2) is 8.89. The van der Waals surface area contributed by atoms with Crippen LogP contribution in [0.3, 0.4) is 0 Å². The van der Waals surface area contributed by atoms with Gasteiger partial charge in [0.25, 0.3) is 0 Å². The third-order valence-electron chi connectivity index (χ3n) is 8.17. The van der Waals surface area contributed by atoms with E-state index in [2.05, 4.69) is 132 Å². The van der Waals surface area contributed by atoms with Crippen LogP contribution in [0.15, 0.2) is 120 Å². The molecule has 6 aromatic rings. The van der Waals surface area contributed by atoms with Crippen LogP contribution in [0.5, 0.6) is 0 Å². The Kier molecular flexibility index (Phi) is 5.06. The third kappa shape index (κ3) is 3.42. The summed E-state index contributed by atoms with van der Waals surface area (Å²) in [6.07, 6.45) is 16.0. The molecule has 2 heteroatoms. The van der Waals surface area contributed by atoms with E-state index in [4.69, 9.17) is 4.42 Å². The smallest absolute Gasteiger partial charge is 0.142 e. The fraction of sp³-hybridized carbons (Fsp3) is 0.0811. The van der Waals surface area contributed by atoms with Crippen molar-refractivity contribution in [1.82, 2.24) is 4.57 Å². The zero-order valence-electron chi connectivity index (χ0n) is 21.6. The van der Waals surface area contributed by atoms with E-state index in [9.17, 15) is 0 Å². The molecule has 4 aromatic carbocycles. The quantitative estimate of drug-likeness (QED) is 0.236.